The van der Waals surface area contributed by atoms with E-state index >= 15 is 0 Å². The summed E-state index contributed by atoms with van der Waals surface area (Å²) in [7, 11) is 1.83. The fraction of sp³-hybridized carbons (Fsp3) is 0.941. The topological polar surface area (TPSA) is 58.1 Å². The van der Waals surface area contributed by atoms with Crippen molar-refractivity contribution in [3.8, 4) is 0 Å². The first kappa shape index (κ1) is 18.5. The van der Waals surface area contributed by atoms with Crippen LogP contribution in [0.4, 0.5) is 0 Å². The first-order chi connectivity index (χ1) is 11.0. The van der Waals surface area contributed by atoms with Gasteiger partial charge in [-0.3, -0.25) is 9.89 Å². The second-order valence-electron chi connectivity index (χ2n) is 7.17. The second-order valence-corrected chi connectivity index (χ2v) is 7.17. The molecule has 2 aliphatic heterocycles. The lowest BCUT2D eigenvalue weighted by Gasteiger charge is -2.37. The van der Waals surface area contributed by atoms with Crippen molar-refractivity contribution in [1.82, 2.24) is 15.5 Å². The van der Waals surface area contributed by atoms with E-state index in [-0.39, 0.29) is 5.60 Å². The number of morpholine rings is 1. The van der Waals surface area contributed by atoms with Gasteiger partial charge in [-0.05, 0) is 25.7 Å². The molecule has 0 aromatic rings. The van der Waals surface area contributed by atoms with Crippen LogP contribution in [0.1, 0.15) is 33.6 Å². The highest BCUT2D eigenvalue weighted by Crippen LogP contribution is 2.23. The van der Waals surface area contributed by atoms with Gasteiger partial charge in [0.15, 0.2) is 5.96 Å². The lowest BCUT2D eigenvalue weighted by atomic mass is 10.0. The van der Waals surface area contributed by atoms with E-state index < -0.39 is 0 Å². The Morgan fingerprint density at radius 1 is 1.22 bits per heavy atom. The minimum Gasteiger partial charge on any atom is -0.379 e. The normalized spacial score (nSPS) is 28.1. The molecule has 0 aromatic heterocycles. The number of nitrogens with zero attached hydrogens (tertiary/aromatic N) is 2. The van der Waals surface area contributed by atoms with Gasteiger partial charge in [0.05, 0.1) is 18.8 Å². The summed E-state index contributed by atoms with van der Waals surface area (Å²) in [5.74, 6) is 1.45. The Labute approximate surface area is 141 Å². The third-order valence-corrected chi connectivity index (χ3v) is 4.92. The summed E-state index contributed by atoms with van der Waals surface area (Å²) in [5, 5.41) is 6.91. The molecule has 23 heavy (non-hydrogen) atoms. The molecule has 2 heterocycles. The molecule has 0 radical (unpaired) electrons. The van der Waals surface area contributed by atoms with Crippen molar-refractivity contribution in [3.05, 3.63) is 0 Å². The summed E-state index contributed by atoms with van der Waals surface area (Å²) in [6.07, 6.45) is 2.26. The molecule has 2 fully saturated rings. The molecule has 2 unspecified atom stereocenters. The van der Waals surface area contributed by atoms with E-state index in [4.69, 9.17) is 9.47 Å². The van der Waals surface area contributed by atoms with Gasteiger partial charge in [0, 0.05) is 45.9 Å². The maximum atomic E-state index is 5.83. The predicted molar refractivity (Wildman–Crippen MR) is 94.0 cm³/mol. The van der Waals surface area contributed by atoms with Crippen LogP contribution < -0.4 is 10.6 Å². The highest BCUT2D eigenvalue weighted by Gasteiger charge is 2.30. The Balaban J connectivity index is 1.80. The van der Waals surface area contributed by atoms with Crippen LogP contribution in [0.15, 0.2) is 4.99 Å². The van der Waals surface area contributed by atoms with Gasteiger partial charge in [0.2, 0.25) is 0 Å². The van der Waals surface area contributed by atoms with E-state index in [2.05, 4.69) is 41.3 Å². The number of nitrogens with one attached hydrogen (secondary N) is 2. The monoisotopic (exact) mass is 326 g/mol. The molecule has 6 heteroatoms. The highest BCUT2D eigenvalue weighted by molar-refractivity contribution is 5.79. The summed E-state index contributed by atoms with van der Waals surface area (Å²) >= 11 is 0. The fourth-order valence-corrected chi connectivity index (χ4v) is 3.36. The van der Waals surface area contributed by atoms with E-state index in [9.17, 15) is 0 Å². The first-order valence-electron chi connectivity index (χ1n) is 8.94. The Morgan fingerprint density at radius 3 is 2.52 bits per heavy atom. The number of ether oxygens (including phenoxy) is 2. The van der Waals surface area contributed by atoms with E-state index in [1.807, 2.05) is 7.05 Å². The quantitative estimate of drug-likeness (QED) is 0.565. The van der Waals surface area contributed by atoms with Gasteiger partial charge < -0.3 is 20.1 Å². The van der Waals surface area contributed by atoms with Gasteiger partial charge in [-0.15, -0.1) is 0 Å². The Morgan fingerprint density at radius 2 is 1.96 bits per heavy atom. The van der Waals surface area contributed by atoms with Crippen molar-refractivity contribution in [3.63, 3.8) is 0 Å². The summed E-state index contributed by atoms with van der Waals surface area (Å²) in [6, 6.07) is 0.496. The molecule has 2 atom stereocenters. The Bertz CT molecular complexity index is 375. The van der Waals surface area contributed by atoms with Crippen molar-refractivity contribution in [2.75, 3.05) is 53.0 Å². The van der Waals surface area contributed by atoms with Crippen LogP contribution in [0.25, 0.3) is 0 Å². The maximum Gasteiger partial charge on any atom is 0.191 e. The number of aliphatic imine (C=N–C) groups is 1. The summed E-state index contributed by atoms with van der Waals surface area (Å²) in [6.45, 7) is 13.0. The largest absolute Gasteiger partial charge is 0.379 e. The van der Waals surface area contributed by atoms with Crippen LogP contribution in [0, 0.1) is 5.92 Å². The fourth-order valence-electron chi connectivity index (χ4n) is 3.36. The molecule has 0 amide bonds. The van der Waals surface area contributed by atoms with Crippen LogP contribution in [0.3, 0.4) is 0 Å². The number of guanidine groups is 1. The Hall–Kier alpha value is -0.850. The van der Waals surface area contributed by atoms with Crippen LogP contribution in [0.2, 0.25) is 0 Å². The van der Waals surface area contributed by atoms with Gasteiger partial charge in [-0.1, -0.05) is 13.8 Å². The zero-order valence-electron chi connectivity index (χ0n) is 15.2. The summed E-state index contributed by atoms with van der Waals surface area (Å²) < 4.78 is 11.3. The SMILES string of the molecule is CN=C(NCC(C(C)C)N1CCOCC1)NCC1(C)CCCO1. The van der Waals surface area contributed by atoms with E-state index in [0.29, 0.717) is 12.0 Å². The summed E-state index contributed by atoms with van der Waals surface area (Å²) in [5.41, 5.74) is -0.0563. The van der Waals surface area contributed by atoms with Gasteiger partial charge in [0.1, 0.15) is 0 Å². The zero-order valence-corrected chi connectivity index (χ0v) is 15.2. The number of hydrogen-bond donors (Lipinski definition) is 2. The molecule has 0 saturated carbocycles. The predicted octanol–water partition coefficient (Wildman–Crippen LogP) is 1.08. The zero-order chi connectivity index (χ0) is 16.7. The van der Waals surface area contributed by atoms with Crippen LogP contribution in [-0.4, -0.2) is 75.5 Å². The van der Waals surface area contributed by atoms with Crippen molar-refractivity contribution in [1.29, 1.82) is 0 Å². The smallest absolute Gasteiger partial charge is 0.191 e. The molecular formula is C17H34N4O2. The third kappa shape index (κ3) is 5.62. The van der Waals surface area contributed by atoms with Crippen molar-refractivity contribution >= 4 is 5.96 Å². The molecule has 2 saturated heterocycles. The first-order valence-corrected chi connectivity index (χ1v) is 8.94. The number of rotatable bonds is 6. The van der Waals surface area contributed by atoms with Crippen LogP contribution in [-0.2, 0) is 9.47 Å². The number of hydrogen-bond acceptors (Lipinski definition) is 4. The second kappa shape index (κ2) is 8.85. The maximum absolute atomic E-state index is 5.83. The molecule has 0 aromatic carbocycles. The van der Waals surface area contributed by atoms with Crippen LogP contribution >= 0.6 is 0 Å². The molecule has 0 aliphatic carbocycles. The lowest BCUT2D eigenvalue weighted by Crippen LogP contribution is -2.53. The lowest BCUT2D eigenvalue weighted by molar-refractivity contribution is 0.00737. The minimum atomic E-state index is -0.0563. The third-order valence-electron chi connectivity index (χ3n) is 4.92. The van der Waals surface area contributed by atoms with Crippen molar-refractivity contribution in [2.45, 2.75) is 45.3 Å². The van der Waals surface area contributed by atoms with Gasteiger partial charge in [-0.2, -0.15) is 0 Å². The Kier molecular flexibility index (Phi) is 7.11. The average molecular weight is 326 g/mol. The van der Waals surface area contributed by atoms with E-state index in [1.165, 1.54) is 0 Å². The highest BCUT2D eigenvalue weighted by atomic mass is 16.5. The van der Waals surface area contributed by atoms with Crippen molar-refractivity contribution in [2.24, 2.45) is 10.9 Å². The summed E-state index contributed by atoms with van der Waals surface area (Å²) in [4.78, 5) is 6.88. The van der Waals surface area contributed by atoms with E-state index in [0.717, 1.165) is 64.8 Å². The van der Waals surface area contributed by atoms with Gasteiger partial charge in [-0.25, -0.2) is 0 Å². The van der Waals surface area contributed by atoms with Gasteiger partial charge in [0.25, 0.3) is 0 Å². The molecule has 134 valence electrons. The molecule has 2 N–H and O–H groups in total. The average Bonchev–Trinajstić information content (AvgIpc) is 2.98. The molecule has 2 rings (SSSR count). The van der Waals surface area contributed by atoms with Gasteiger partial charge >= 0.3 is 0 Å². The van der Waals surface area contributed by atoms with E-state index in [1.54, 1.807) is 0 Å². The molecule has 2 aliphatic rings. The molecule has 6 nitrogen and oxygen atoms in total. The van der Waals surface area contributed by atoms with Crippen molar-refractivity contribution < 1.29 is 9.47 Å². The minimum absolute atomic E-state index is 0.0563. The van der Waals surface area contributed by atoms with Crippen LogP contribution in [0.5, 0.6) is 0 Å². The molecular weight excluding hydrogens is 292 g/mol. The molecule has 0 spiro atoms. The standard InChI is InChI=1S/C17H34N4O2/c1-14(2)15(21-7-10-22-11-8-21)12-19-16(18-4)20-13-17(3)6-5-9-23-17/h14-15H,5-13H2,1-4H3,(H2,18,19,20). The molecule has 0 bridgehead atoms.